The van der Waals surface area contributed by atoms with Crippen molar-refractivity contribution in [1.29, 1.82) is 0 Å². The molecule has 2 N–H and O–H groups in total. The Kier molecular flexibility index (Phi) is 9.46. The van der Waals surface area contributed by atoms with Crippen molar-refractivity contribution in [2.45, 2.75) is 96.4 Å². The second-order valence-corrected chi connectivity index (χ2v) is 15.3. The molecule has 0 atom stereocenters. The van der Waals surface area contributed by atoms with Crippen molar-refractivity contribution >= 4 is 8.32 Å². The first-order valence-corrected chi connectivity index (χ1v) is 15.5. The van der Waals surface area contributed by atoms with Crippen molar-refractivity contribution in [2.24, 2.45) is 0 Å². The van der Waals surface area contributed by atoms with Gasteiger partial charge >= 0.3 is 138 Å². The van der Waals surface area contributed by atoms with E-state index in [2.05, 4.69) is 20.8 Å². The van der Waals surface area contributed by atoms with Gasteiger partial charge in [0, 0.05) is 0 Å². The summed E-state index contributed by atoms with van der Waals surface area (Å²) in [5.74, 6) is 0. The Labute approximate surface area is 138 Å². The molecule has 0 radical (unpaired) electrons. The first-order chi connectivity index (χ1) is 9.97. The molecule has 0 aromatic carbocycles. The summed E-state index contributed by atoms with van der Waals surface area (Å²) in [5.41, 5.74) is 0. The van der Waals surface area contributed by atoms with Crippen LogP contribution < -0.4 is 0 Å². The van der Waals surface area contributed by atoms with Gasteiger partial charge in [-0.25, -0.2) is 0 Å². The molecule has 0 saturated heterocycles. The van der Waals surface area contributed by atoms with Gasteiger partial charge < -0.3 is 0 Å². The van der Waals surface area contributed by atoms with Crippen LogP contribution in [0, 0.1) is 0 Å². The van der Waals surface area contributed by atoms with E-state index in [9.17, 15) is 6.37 Å². The maximum absolute atomic E-state index is 10.4. The third kappa shape index (κ3) is 7.36. The van der Waals surface area contributed by atoms with E-state index in [-0.39, 0.29) is 6.10 Å². The predicted octanol–water partition coefficient (Wildman–Crippen LogP) is 4.33. The van der Waals surface area contributed by atoms with Gasteiger partial charge in [-0.05, 0) is 0 Å². The second-order valence-electron chi connectivity index (χ2n) is 6.46. The molecule has 1 saturated carbocycles. The molecule has 6 heteroatoms. The van der Waals surface area contributed by atoms with Gasteiger partial charge in [-0.3, -0.25) is 0 Å². The summed E-state index contributed by atoms with van der Waals surface area (Å²) >= 11 is -4.79. The molecule has 4 nitrogen and oxygen atoms in total. The fraction of sp³-hybridized carbons (Fsp3) is 1.00. The van der Waals surface area contributed by atoms with Crippen LogP contribution in [0.3, 0.4) is 0 Å². The Morgan fingerprint density at radius 1 is 0.905 bits per heavy atom. The van der Waals surface area contributed by atoms with E-state index in [0.717, 1.165) is 63.1 Å². The zero-order chi connectivity index (χ0) is 15.8. The van der Waals surface area contributed by atoms with Crippen molar-refractivity contribution in [1.82, 2.24) is 0 Å². The zero-order valence-corrected chi connectivity index (χ0v) is 17.5. The van der Waals surface area contributed by atoms with E-state index >= 15 is 0 Å². The van der Waals surface area contributed by atoms with Crippen molar-refractivity contribution in [2.75, 3.05) is 0 Å². The molecule has 1 fully saturated rings. The molecule has 0 heterocycles. The summed E-state index contributed by atoms with van der Waals surface area (Å²) < 4.78 is 32.7. The Morgan fingerprint density at radius 3 is 1.81 bits per heavy atom. The van der Waals surface area contributed by atoms with E-state index in [1.165, 1.54) is 6.42 Å². The number of hydrogen-bond acceptors (Lipinski definition) is 4. The van der Waals surface area contributed by atoms with Gasteiger partial charge in [0.2, 0.25) is 0 Å². The quantitative estimate of drug-likeness (QED) is 0.539. The van der Waals surface area contributed by atoms with E-state index in [4.69, 9.17) is 5.32 Å². The molecular weight excluding hydrogens is 363 g/mol. The second kappa shape index (κ2) is 9.94. The maximum atomic E-state index is 10.4. The summed E-state index contributed by atoms with van der Waals surface area (Å²) in [6.07, 6.45) is 8.58. The van der Waals surface area contributed by atoms with Crippen LogP contribution in [0.4, 0.5) is 0 Å². The number of rotatable bonds is 10. The van der Waals surface area contributed by atoms with Crippen LogP contribution in [0.2, 0.25) is 18.1 Å². The van der Waals surface area contributed by atoms with Gasteiger partial charge in [-0.15, -0.1) is 0 Å². The number of hydrogen-bond donors (Lipinski definition) is 2. The summed E-state index contributed by atoms with van der Waals surface area (Å²) in [5, 5.41) is 0. The monoisotopic (exact) mass is 396 g/mol. The first-order valence-electron chi connectivity index (χ1n) is 8.79. The average molecular weight is 398 g/mol. The fourth-order valence-electron chi connectivity index (χ4n) is 3.60. The summed E-state index contributed by atoms with van der Waals surface area (Å²) in [7, 11) is -2.05. The molecular formula is C15H34O4SiZr. The Morgan fingerprint density at radius 2 is 1.38 bits per heavy atom. The van der Waals surface area contributed by atoms with Crippen LogP contribution in [0.25, 0.3) is 0 Å². The van der Waals surface area contributed by atoms with Crippen LogP contribution in [-0.4, -0.2) is 20.8 Å². The Balaban J connectivity index is 2.68. The van der Waals surface area contributed by atoms with Gasteiger partial charge in [0.15, 0.2) is 0 Å². The van der Waals surface area contributed by atoms with Crippen molar-refractivity contribution < 1.29 is 33.7 Å². The van der Waals surface area contributed by atoms with Gasteiger partial charge in [-0.2, -0.15) is 0 Å². The van der Waals surface area contributed by atoms with Crippen molar-refractivity contribution in [3.8, 4) is 0 Å². The molecule has 0 aromatic rings. The molecule has 0 unspecified atom stereocenters. The molecule has 1 aliphatic carbocycles. The van der Waals surface area contributed by atoms with Crippen LogP contribution in [0.1, 0.15) is 72.1 Å². The standard InChI is InChI=1S/C9H21OSi.C6H11O.2H2O.Zr/c1-4-7-11(10,8-5-2)9-6-3;7-6-4-2-1-3-5-6;;;/h4-9H2,1-3H3;6H,1-5H2;2*1H2;/q2*-1;;;+4/p-2. The van der Waals surface area contributed by atoms with E-state index in [0.29, 0.717) is 0 Å². The molecule has 0 bridgehead atoms. The van der Waals surface area contributed by atoms with Crippen LogP contribution >= 0.6 is 0 Å². The predicted molar refractivity (Wildman–Crippen MR) is 84.5 cm³/mol. The summed E-state index contributed by atoms with van der Waals surface area (Å²) in [6.45, 7) is 6.47. The average Bonchev–Trinajstić information content (AvgIpc) is 2.39. The van der Waals surface area contributed by atoms with E-state index in [1.807, 2.05) is 0 Å². The molecule has 1 aliphatic rings. The molecule has 126 valence electrons. The van der Waals surface area contributed by atoms with Gasteiger partial charge in [-0.1, -0.05) is 0 Å². The molecule has 0 spiro atoms. The molecule has 0 amide bonds. The van der Waals surface area contributed by atoms with Crippen LogP contribution in [-0.2, 0) is 27.3 Å². The molecule has 0 aromatic heterocycles. The van der Waals surface area contributed by atoms with Crippen molar-refractivity contribution in [3.63, 3.8) is 0 Å². The molecule has 21 heavy (non-hydrogen) atoms. The van der Waals surface area contributed by atoms with Gasteiger partial charge in [0.25, 0.3) is 0 Å². The Bertz CT molecular complexity index is 266. The summed E-state index contributed by atoms with van der Waals surface area (Å²) in [6, 6.07) is 3.05. The van der Waals surface area contributed by atoms with E-state index < -0.39 is 30.3 Å². The van der Waals surface area contributed by atoms with E-state index in [1.54, 1.807) is 0 Å². The van der Waals surface area contributed by atoms with Crippen molar-refractivity contribution in [3.05, 3.63) is 0 Å². The van der Waals surface area contributed by atoms with Gasteiger partial charge in [0.1, 0.15) is 0 Å². The Hall–Kier alpha value is 0.940. The first kappa shape index (κ1) is 20.0. The third-order valence-electron chi connectivity index (χ3n) is 4.34. The molecule has 0 aliphatic heterocycles. The minimum atomic E-state index is -4.79. The minimum absolute atomic E-state index is 0.0149. The fourth-order valence-corrected chi connectivity index (χ4v) is 16.4. The normalized spacial score (nSPS) is 18.1. The topological polar surface area (TPSA) is 58.9 Å². The van der Waals surface area contributed by atoms with Crippen LogP contribution in [0.15, 0.2) is 0 Å². The molecule has 1 rings (SSSR count). The SMILES string of the molecule is CCC[Si](CCC)(CCC)[O][Zr]([OH])([OH])[O]C1CCCCC1. The van der Waals surface area contributed by atoms with Crippen LogP contribution in [0.5, 0.6) is 0 Å². The van der Waals surface area contributed by atoms with Gasteiger partial charge in [0.05, 0.1) is 0 Å². The summed E-state index contributed by atoms with van der Waals surface area (Å²) in [4.78, 5) is 0. The third-order valence-corrected chi connectivity index (χ3v) is 16.0. The zero-order valence-electron chi connectivity index (χ0n) is 14.1.